The SMILES string of the molecule is Cc1c(Cl)cccc1NC(=S)NC(=N)N. The van der Waals surface area contributed by atoms with Crippen LogP contribution in [0.5, 0.6) is 0 Å². The highest BCUT2D eigenvalue weighted by Crippen LogP contribution is 2.22. The largest absolute Gasteiger partial charge is 0.370 e. The van der Waals surface area contributed by atoms with E-state index in [9.17, 15) is 0 Å². The van der Waals surface area contributed by atoms with Gasteiger partial charge in [0, 0.05) is 10.7 Å². The van der Waals surface area contributed by atoms with Crippen LogP contribution in [-0.4, -0.2) is 11.1 Å². The first-order valence-electron chi connectivity index (χ1n) is 4.18. The Morgan fingerprint density at radius 3 is 2.80 bits per heavy atom. The summed E-state index contributed by atoms with van der Waals surface area (Å²) < 4.78 is 0. The van der Waals surface area contributed by atoms with E-state index in [-0.39, 0.29) is 11.1 Å². The molecule has 5 N–H and O–H groups in total. The molecule has 1 aromatic carbocycles. The van der Waals surface area contributed by atoms with Crippen molar-refractivity contribution in [3.63, 3.8) is 0 Å². The molecule has 0 amide bonds. The minimum absolute atomic E-state index is 0.202. The summed E-state index contributed by atoms with van der Waals surface area (Å²) in [6.45, 7) is 1.88. The highest BCUT2D eigenvalue weighted by atomic mass is 35.5. The van der Waals surface area contributed by atoms with Crippen molar-refractivity contribution in [2.45, 2.75) is 6.92 Å². The Morgan fingerprint density at radius 1 is 1.53 bits per heavy atom. The summed E-state index contributed by atoms with van der Waals surface area (Å²) in [6, 6.07) is 5.45. The molecular formula is C9H11ClN4S. The van der Waals surface area contributed by atoms with Crippen LogP contribution >= 0.6 is 23.8 Å². The predicted molar refractivity (Wildman–Crippen MR) is 67.5 cm³/mol. The van der Waals surface area contributed by atoms with Crippen molar-refractivity contribution in [3.8, 4) is 0 Å². The Morgan fingerprint density at radius 2 is 2.20 bits per heavy atom. The Bertz CT molecular complexity index is 405. The summed E-state index contributed by atoms with van der Waals surface area (Å²) in [7, 11) is 0. The highest BCUT2D eigenvalue weighted by Gasteiger charge is 2.03. The maximum Gasteiger partial charge on any atom is 0.192 e. The average Bonchev–Trinajstić information content (AvgIpc) is 2.11. The fraction of sp³-hybridized carbons (Fsp3) is 0.111. The molecule has 0 saturated carbocycles. The van der Waals surface area contributed by atoms with E-state index in [0.717, 1.165) is 11.3 Å². The zero-order valence-electron chi connectivity index (χ0n) is 8.10. The van der Waals surface area contributed by atoms with E-state index in [1.165, 1.54) is 0 Å². The Labute approximate surface area is 98.3 Å². The van der Waals surface area contributed by atoms with Crippen LogP contribution in [-0.2, 0) is 0 Å². The van der Waals surface area contributed by atoms with E-state index in [1.807, 2.05) is 19.1 Å². The summed E-state index contributed by atoms with van der Waals surface area (Å²) in [5.74, 6) is -0.202. The van der Waals surface area contributed by atoms with Gasteiger partial charge >= 0.3 is 0 Å². The third-order valence-electron chi connectivity index (χ3n) is 1.76. The fourth-order valence-corrected chi connectivity index (χ4v) is 1.41. The Balaban J connectivity index is 2.77. The van der Waals surface area contributed by atoms with Gasteiger partial charge in [0.1, 0.15) is 0 Å². The van der Waals surface area contributed by atoms with Crippen molar-refractivity contribution < 1.29 is 0 Å². The lowest BCUT2D eigenvalue weighted by molar-refractivity contribution is 1.25. The second kappa shape index (κ2) is 4.95. The number of guanidine groups is 1. The van der Waals surface area contributed by atoms with Gasteiger partial charge < -0.3 is 16.4 Å². The molecule has 1 rings (SSSR count). The normalized spacial score (nSPS) is 9.47. The molecule has 0 bridgehead atoms. The van der Waals surface area contributed by atoms with Crippen molar-refractivity contribution in [3.05, 3.63) is 28.8 Å². The van der Waals surface area contributed by atoms with Crippen LogP contribution in [0.1, 0.15) is 5.56 Å². The van der Waals surface area contributed by atoms with Crippen LogP contribution < -0.4 is 16.4 Å². The summed E-state index contributed by atoms with van der Waals surface area (Å²) in [6.07, 6.45) is 0. The van der Waals surface area contributed by atoms with Crippen LogP contribution in [0.2, 0.25) is 5.02 Å². The molecule has 0 aliphatic carbocycles. The molecule has 1 aromatic rings. The number of rotatable bonds is 1. The van der Waals surface area contributed by atoms with Gasteiger partial charge in [-0.25, -0.2) is 0 Å². The monoisotopic (exact) mass is 242 g/mol. The first-order valence-corrected chi connectivity index (χ1v) is 4.96. The van der Waals surface area contributed by atoms with Gasteiger partial charge in [0.05, 0.1) is 0 Å². The molecule has 80 valence electrons. The zero-order chi connectivity index (χ0) is 11.4. The van der Waals surface area contributed by atoms with Crippen LogP contribution in [0, 0.1) is 12.3 Å². The van der Waals surface area contributed by atoms with E-state index in [1.54, 1.807) is 6.07 Å². The van der Waals surface area contributed by atoms with Gasteiger partial charge in [-0.3, -0.25) is 5.41 Å². The molecule has 0 atom stereocenters. The van der Waals surface area contributed by atoms with Gasteiger partial charge in [0.15, 0.2) is 11.1 Å². The maximum absolute atomic E-state index is 7.00. The number of hydrogen-bond donors (Lipinski definition) is 4. The zero-order valence-corrected chi connectivity index (χ0v) is 9.67. The van der Waals surface area contributed by atoms with Crippen molar-refractivity contribution in [2.75, 3.05) is 5.32 Å². The predicted octanol–water partition coefficient (Wildman–Crippen LogP) is 1.83. The molecule has 0 saturated heterocycles. The van der Waals surface area contributed by atoms with Crippen molar-refractivity contribution in [1.82, 2.24) is 5.32 Å². The molecule has 0 fully saturated rings. The van der Waals surface area contributed by atoms with E-state index < -0.39 is 0 Å². The van der Waals surface area contributed by atoms with Gasteiger partial charge in [-0.15, -0.1) is 0 Å². The summed E-state index contributed by atoms with van der Waals surface area (Å²) in [4.78, 5) is 0. The standard InChI is InChI=1S/C9H11ClN4S/c1-5-6(10)3-2-4-7(5)13-9(15)14-8(11)12/h2-4H,1H3,(H5,11,12,13,14,15). The lowest BCUT2D eigenvalue weighted by atomic mass is 10.2. The van der Waals surface area contributed by atoms with Crippen molar-refractivity contribution in [1.29, 1.82) is 5.41 Å². The molecule has 0 aliphatic heterocycles. The van der Waals surface area contributed by atoms with Crippen molar-refractivity contribution in [2.24, 2.45) is 5.73 Å². The minimum atomic E-state index is -0.202. The molecule has 0 aliphatic rings. The number of anilines is 1. The van der Waals surface area contributed by atoms with Crippen LogP contribution in [0.3, 0.4) is 0 Å². The van der Waals surface area contributed by atoms with Crippen LogP contribution in [0.15, 0.2) is 18.2 Å². The number of nitrogens with two attached hydrogens (primary N) is 1. The Kier molecular flexibility index (Phi) is 3.88. The summed E-state index contributed by atoms with van der Waals surface area (Å²) in [5, 5.41) is 13.3. The van der Waals surface area contributed by atoms with Gasteiger partial charge in [0.2, 0.25) is 0 Å². The van der Waals surface area contributed by atoms with Gasteiger partial charge in [-0.05, 0) is 36.8 Å². The molecule has 15 heavy (non-hydrogen) atoms. The van der Waals surface area contributed by atoms with Crippen LogP contribution in [0.25, 0.3) is 0 Å². The molecule has 0 heterocycles. The van der Waals surface area contributed by atoms with E-state index in [4.69, 9.17) is 35.0 Å². The number of thiocarbonyl (C=S) groups is 1. The lowest BCUT2D eigenvalue weighted by Gasteiger charge is -2.11. The van der Waals surface area contributed by atoms with E-state index in [0.29, 0.717) is 5.02 Å². The lowest BCUT2D eigenvalue weighted by Crippen LogP contribution is -2.38. The van der Waals surface area contributed by atoms with E-state index >= 15 is 0 Å². The molecule has 6 heteroatoms. The second-order valence-electron chi connectivity index (χ2n) is 2.91. The van der Waals surface area contributed by atoms with Gasteiger partial charge in [-0.2, -0.15) is 0 Å². The smallest absolute Gasteiger partial charge is 0.192 e. The third-order valence-corrected chi connectivity index (χ3v) is 2.38. The number of halogens is 1. The highest BCUT2D eigenvalue weighted by molar-refractivity contribution is 7.80. The van der Waals surface area contributed by atoms with Gasteiger partial charge in [-0.1, -0.05) is 17.7 Å². The first kappa shape index (κ1) is 11.7. The minimum Gasteiger partial charge on any atom is -0.370 e. The van der Waals surface area contributed by atoms with Gasteiger partial charge in [0.25, 0.3) is 0 Å². The molecule has 0 aromatic heterocycles. The summed E-state index contributed by atoms with van der Waals surface area (Å²) in [5.41, 5.74) is 6.82. The number of nitrogens with one attached hydrogen (secondary N) is 3. The molecule has 4 nitrogen and oxygen atoms in total. The first-order chi connectivity index (χ1) is 7.00. The number of benzene rings is 1. The molecule has 0 spiro atoms. The average molecular weight is 243 g/mol. The van der Waals surface area contributed by atoms with Crippen LogP contribution in [0.4, 0.5) is 5.69 Å². The number of hydrogen-bond acceptors (Lipinski definition) is 2. The fourth-order valence-electron chi connectivity index (χ4n) is 1.02. The molecule has 0 unspecified atom stereocenters. The quantitative estimate of drug-likeness (QED) is 0.344. The molecular weight excluding hydrogens is 232 g/mol. The maximum atomic E-state index is 7.00. The second-order valence-corrected chi connectivity index (χ2v) is 3.72. The third kappa shape index (κ3) is 3.38. The molecule has 0 radical (unpaired) electrons. The Hall–Kier alpha value is -1.33. The summed E-state index contributed by atoms with van der Waals surface area (Å²) >= 11 is 10.9. The van der Waals surface area contributed by atoms with E-state index in [2.05, 4.69) is 10.6 Å². The van der Waals surface area contributed by atoms with Crippen molar-refractivity contribution >= 4 is 40.6 Å². The topological polar surface area (TPSA) is 73.9 Å².